The van der Waals surface area contributed by atoms with Crippen LogP contribution in [0.1, 0.15) is 54.1 Å². The van der Waals surface area contributed by atoms with Crippen molar-refractivity contribution in [2.45, 2.75) is 63.3 Å². The summed E-state index contributed by atoms with van der Waals surface area (Å²) in [4.78, 5) is 31.5. The maximum Gasteiger partial charge on any atom is 0.318 e. The monoisotopic (exact) mass is 526 g/mol. The molecule has 1 aromatic heterocycles. The molecule has 0 bridgehead atoms. The van der Waals surface area contributed by atoms with Gasteiger partial charge in [0.1, 0.15) is 12.4 Å². The van der Waals surface area contributed by atoms with Crippen LogP contribution in [0.2, 0.25) is 0 Å². The molecular weight excluding hydrogens is 488 g/mol. The predicted octanol–water partition coefficient (Wildman–Crippen LogP) is 3.18. The highest BCUT2D eigenvalue weighted by atomic mass is 16.5. The number of carbonyl (C=O) groups excluding carboxylic acids is 1. The first-order valence-corrected chi connectivity index (χ1v) is 14.2. The second kappa shape index (κ2) is 11.0. The Balaban J connectivity index is 1.29. The molecule has 3 atom stereocenters. The van der Waals surface area contributed by atoms with Gasteiger partial charge in [-0.2, -0.15) is 9.97 Å². The van der Waals surface area contributed by atoms with Gasteiger partial charge >= 0.3 is 6.01 Å². The number of piperazine rings is 1. The van der Waals surface area contributed by atoms with Gasteiger partial charge < -0.3 is 19.4 Å². The van der Waals surface area contributed by atoms with Crippen molar-refractivity contribution in [3.05, 3.63) is 59.3 Å². The maximum atomic E-state index is 12.5. The molecule has 0 spiro atoms. The van der Waals surface area contributed by atoms with Gasteiger partial charge in [0.15, 0.2) is 0 Å². The molecule has 0 radical (unpaired) electrons. The average molecular weight is 527 g/mol. The average Bonchev–Trinajstić information content (AvgIpc) is 3.69. The molecule has 3 aliphatic heterocycles. The quantitative estimate of drug-likeness (QED) is 0.406. The summed E-state index contributed by atoms with van der Waals surface area (Å²) < 4.78 is 6.27. The molecule has 4 heterocycles. The van der Waals surface area contributed by atoms with Crippen LogP contribution in [0.5, 0.6) is 6.01 Å². The molecule has 2 aromatic rings. The molecule has 0 saturated carbocycles. The van der Waals surface area contributed by atoms with E-state index in [1.54, 1.807) is 0 Å². The number of nitrogens with zero attached hydrogens (tertiary/aromatic N) is 6. The van der Waals surface area contributed by atoms with Crippen LogP contribution in [-0.2, 0) is 24.3 Å². The van der Waals surface area contributed by atoms with Crippen LogP contribution in [0.4, 0.5) is 5.82 Å². The van der Waals surface area contributed by atoms with E-state index in [4.69, 9.17) is 21.1 Å². The van der Waals surface area contributed by atoms with Crippen LogP contribution in [0.15, 0.2) is 36.9 Å². The van der Waals surface area contributed by atoms with Gasteiger partial charge in [-0.05, 0) is 56.5 Å². The number of amides is 1. The maximum absolute atomic E-state index is 12.5. The zero-order valence-corrected chi connectivity index (χ0v) is 22.9. The third-order valence-corrected chi connectivity index (χ3v) is 8.98. The number of rotatable bonds is 7. The van der Waals surface area contributed by atoms with Crippen LogP contribution < -0.4 is 9.64 Å². The molecule has 0 N–H and O–H groups in total. The van der Waals surface area contributed by atoms with E-state index in [1.807, 2.05) is 4.90 Å². The van der Waals surface area contributed by atoms with Gasteiger partial charge in [-0.1, -0.05) is 30.8 Å². The number of aromatic nitrogens is 2. The Hall–Kier alpha value is -3.41. The first-order chi connectivity index (χ1) is 19.1. The number of fused-ring (bicyclic) bond motifs is 2. The molecule has 4 aliphatic rings. The normalized spacial score (nSPS) is 24.9. The highest BCUT2D eigenvalue weighted by Crippen LogP contribution is 2.42. The van der Waals surface area contributed by atoms with Crippen molar-refractivity contribution in [1.29, 1.82) is 0 Å². The second-order valence-corrected chi connectivity index (χ2v) is 11.2. The SMILES string of the molecule is C#CCC1CN(c2nc(OC[C@@H]3CCCN3C)nc3c2CN(C2CCc4ccccc42)C3)CCN1C(=O)C=C. The highest BCUT2D eigenvalue weighted by molar-refractivity contribution is 5.87. The minimum Gasteiger partial charge on any atom is -0.462 e. The van der Waals surface area contributed by atoms with E-state index in [1.165, 1.54) is 29.2 Å². The van der Waals surface area contributed by atoms with E-state index in [0.29, 0.717) is 50.8 Å². The molecule has 1 aliphatic carbocycles. The summed E-state index contributed by atoms with van der Waals surface area (Å²) in [6, 6.07) is 9.96. The van der Waals surface area contributed by atoms with E-state index in [9.17, 15) is 4.79 Å². The van der Waals surface area contributed by atoms with Gasteiger partial charge in [0.05, 0.1) is 11.7 Å². The number of aryl methyl sites for hydroxylation is 1. The predicted molar refractivity (Wildman–Crippen MR) is 151 cm³/mol. The van der Waals surface area contributed by atoms with Crippen LogP contribution in [0.25, 0.3) is 0 Å². The number of hydrogen-bond acceptors (Lipinski definition) is 7. The van der Waals surface area contributed by atoms with E-state index >= 15 is 0 Å². The van der Waals surface area contributed by atoms with Crippen LogP contribution >= 0.6 is 0 Å². The molecule has 6 rings (SSSR count). The molecule has 1 aromatic carbocycles. The lowest BCUT2D eigenvalue weighted by molar-refractivity contribution is -0.128. The van der Waals surface area contributed by atoms with Crippen molar-refractivity contribution >= 4 is 11.7 Å². The molecular formula is C31H38N6O2. The number of likely N-dealkylation sites (tertiary alicyclic amines) is 1. The molecule has 8 nitrogen and oxygen atoms in total. The van der Waals surface area contributed by atoms with E-state index in [2.05, 4.69) is 58.5 Å². The van der Waals surface area contributed by atoms with E-state index < -0.39 is 0 Å². The van der Waals surface area contributed by atoms with Crippen molar-refractivity contribution in [3.8, 4) is 18.4 Å². The zero-order chi connectivity index (χ0) is 26.9. The van der Waals surface area contributed by atoms with E-state index in [0.717, 1.165) is 50.4 Å². The summed E-state index contributed by atoms with van der Waals surface area (Å²) in [5, 5.41) is 0. The second-order valence-electron chi connectivity index (χ2n) is 11.2. The van der Waals surface area contributed by atoms with Crippen molar-refractivity contribution in [3.63, 3.8) is 0 Å². The van der Waals surface area contributed by atoms with E-state index in [-0.39, 0.29) is 11.9 Å². The number of anilines is 1. The summed E-state index contributed by atoms with van der Waals surface area (Å²) in [6.45, 7) is 8.86. The molecule has 2 fully saturated rings. The van der Waals surface area contributed by atoms with Crippen LogP contribution in [0, 0.1) is 12.3 Å². The minimum atomic E-state index is -0.0874. The number of benzene rings is 1. The van der Waals surface area contributed by atoms with Gasteiger partial charge in [-0.25, -0.2) is 0 Å². The Labute approximate surface area is 231 Å². The minimum absolute atomic E-state index is 0.0707. The molecule has 39 heavy (non-hydrogen) atoms. The summed E-state index contributed by atoms with van der Waals surface area (Å²) in [5.41, 5.74) is 5.12. The van der Waals surface area contributed by atoms with Crippen molar-refractivity contribution in [2.24, 2.45) is 0 Å². The standard InChI is InChI=1S/C31H38N6O2/c1-4-9-23-18-35(16-17-37(23)29(38)5-2)30-26-19-36(28-14-13-22-10-6-7-12-25(22)28)20-27(26)32-31(33-30)39-21-24-11-8-15-34(24)3/h1,5-7,10,12,23-24,28H,2,8-9,11,13-21H2,3H3/t23?,24-,28?/m0/s1. The third-order valence-electron chi connectivity index (χ3n) is 8.98. The fourth-order valence-corrected chi connectivity index (χ4v) is 6.83. The van der Waals surface area contributed by atoms with Gasteiger partial charge in [0.25, 0.3) is 0 Å². The fraction of sp³-hybridized carbons (Fsp3) is 0.516. The summed E-state index contributed by atoms with van der Waals surface area (Å²) in [5.74, 6) is 3.62. The number of ether oxygens (including phenoxy) is 1. The molecule has 204 valence electrons. The third kappa shape index (κ3) is 5.02. The number of hydrogen-bond donors (Lipinski definition) is 0. The largest absolute Gasteiger partial charge is 0.462 e. The van der Waals surface area contributed by atoms with Gasteiger partial charge in [0, 0.05) is 56.8 Å². The van der Waals surface area contributed by atoms with Gasteiger partial charge in [-0.3, -0.25) is 9.69 Å². The topological polar surface area (TPSA) is 65.0 Å². The first kappa shape index (κ1) is 25.8. The summed E-state index contributed by atoms with van der Waals surface area (Å²) >= 11 is 0. The van der Waals surface area contributed by atoms with Crippen LogP contribution in [-0.4, -0.2) is 82.5 Å². The van der Waals surface area contributed by atoms with Gasteiger partial charge in [0.2, 0.25) is 5.91 Å². The molecule has 2 unspecified atom stereocenters. The molecule has 2 saturated heterocycles. The van der Waals surface area contributed by atoms with Crippen LogP contribution in [0.3, 0.4) is 0 Å². The van der Waals surface area contributed by atoms with Crippen molar-refractivity contribution < 1.29 is 9.53 Å². The van der Waals surface area contributed by atoms with Crippen molar-refractivity contribution in [2.75, 3.05) is 44.7 Å². The van der Waals surface area contributed by atoms with Crippen molar-refractivity contribution in [1.82, 2.24) is 24.7 Å². The first-order valence-electron chi connectivity index (χ1n) is 14.2. The Kier molecular flexibility index (Phi) is 7.28. The summed E-state index contributed by atoms with van der Waals surface area (Å²) in [6.07, 6.45) is 12.2. The molecule has 8 heteroatoms. The lowest BCUT2D eigenvalue weighted by Gasteiger charge is -2.41. The lowest BCUT2D eigenvalue weighted by Crippen LogP contribution is -2.55. The Morgan fingerprint density at radius 2 is 2.05 bits per heavy atom. The zero-order valence-electron chi connectivity index (χ0n) is 22.9. The van der Waals surface area contributed by atoms with Gasteiger partial charge in [-0.15, -0.1) is 12.3 Å². The highest BCUT2D eigenvalue weighted by Gasteiger charge is 2.37. The number of carbonyl (C=O) groups is 1. The molecule has 1 amide bonds. The Morgan fingerprint density at radius 3 is 2.85 bits per heavy atom. The summed E-state index contributed by atoms with van der Waals surface area (Å²) in [7, 11) is 2.16. The smallest absolute Gasteiger partial charge is 0.318 e. The Bertz CT molecular complexity index is 1290. The Morgan fingerprint density at radius 1 is 1.18 bits per heavy atom. The number of terminal acetylenes is 1. The number of likely N-dealkylation sites (N-methyl/N-ethyl adjacent to an activating group) is 1. The lowest BCUT2D eigenvalue weighted by atomic mass is 10.1. The fourth-order valence-electron chi connectivity index (χ4n) is 6.83.